The Hall–Kier alpha value is -5.51. The van der Waals surface area contributed by atoms with Crippen molar-refractivity contribution in [2.24, 2.45) is 0 Å². The molecule has 202 valence electrons. The molecule has 0 atom stereocenters. The van der Waals surface area contributed by atoms with E-state index in [1.165, 1.54) is 0 Å². The molecule has 43 heavy (non-hydrogen) atoms. The minimum atomic E-state index is 0.604. The van der Waals surface area contributed by atoms with Gasteiger partial charge in [0.05, 0.1) is 28.5 Å². The van der Waals surface area contributed by atoms with E-state index in [0.717, 1.165) is 65.7 Å². The number of hydrogen-bond donors (Lipinski definition) is 0. The highest BCUT2D eigenvalue weighted by molar-refractivity contribution is 9.10. The number of fused-ring (bicyclic) bond motifs is 1. The summed E-state index contributed by atoms with van der Waals surface area (Å²) >= 11 is 3.75. The van der Waals surface area contributed by atoms with E-state index in [0.29, 0.717) is 11.4 Å². The zero-order valence-corrected chi connectivity index (χ0v) is 24.4. The maximum atomic E-state index is 9.13. The lowest BCUT2D eigenvalue weighted by Gasteiger charge is -2.12. The first kappa shape index (κ1) is 26.4. The molecule has 0 aliphatic carbocycles. The van der Waals surface area contributed by atoms with E-state index in [9.17, 15) is 0 Å². The zero-order chi connectivity index (χ0) is 29.2. The lowest BCUT2D eigenvalue weighted by Crippen LogP contribution is -1.96. The van der Waals surface area contributed by atoms with Gasteiger partial charge in [-0.2, -0.15) is 5.26 Å². The van der Waals surface area contributed by atoms with Crippen LogP contribution in [0.1, 0.15) is 5.56 Å². The Morgan fingerprint density at radius 2 is 1.28 bits per heavy atom. The number of hydrogen-bond acceptors (Lipinski definition) is 5. The number of rotatable bonds is 5. The Labute approximate surface area is 257 Å². The van der Waals surface area contributed by atoms with Crippen molar-refractivity contribution in [2.45, 2.75) is 0 Å². The molecule has 0 bridgehead atoms. The van der Waals surface area contributed by atoms with Crippen LogP contribution >= 0.6 is 15.9 Å². The molecule has 6 heteroatoms. The molecule has 0 aliphatic rings. The Balaban J connectivity index is 1.34. The molecule has 0 saturated heterocycles. The number of pyridine rings is 2. The SMILES string of the molecule is N#Cc1ccc(-c2ccc(-c3cc(-c4cc(Br)cc(-c5cccc6ncccc56)c4)nc(-c4cccnc4)n3)cc2)cc1. The molecular formula is C37H22BrN5. The highest BCUT2D eigenvalue weighted by Crippen LogP contribution is 2.35. The summed E-state index contributed by atoms with van der Waals surface area (Å²) in [7, 11) is 0. The number of benzene rings is 4. The second kappa shape index (κ2) is 11.4. The molecule has 0 unspecified atom stereocenters. The molecule has 5 nitrogen and oxygen atoms in total. The number of aromatic nitrogens is 4. The average molecular weight is 617 g/mol. The summed E-state index contributed by atoms with van der Waals surface area (Å²) in [6.07, 6.45) is 5.35. The van der Waals surface area contributed by atoms with Crippen molar-refractivity contribution in [3.05, 3.63) is 144 Å². The first-order valence-electron chi connectivity index (χ1n) is 13.7. The summed E-state index contributed by atoms with van der Waals surface area (Å²) in [5.74, 6) is 0.604. The fraction of sp³-hybridized carbons (Fsp3) is 0. The summed E-state index contributed by atoms with van der Waals surface area (Å²) in [4.78, 5) is 18.8. The molecule has 0 fully saturated rings. The molecule has 0 N–H and O–H groups in total. The van der Waals surface area contributed by atoms with Crippen molar-refractivity contribution in [1.29, 1.82) is 5.26 Å². The van der Waals surface area contributed by atoms with Gasteiger partial charge in [0.15, 0.2) is 5.82 Å². The van der Waals surface area contributed by atoms with Gasteiger partial charge in [-0.15, -0.1) is 0 Å². The summed E-state index contributed by atoms with van der Waals surface area (Å²) in [5.41, 5.74) is 10.3. The third-order valence-electron chi connectivity index (χ3n) is 7.32. The van der Waals surface area contributed by atoms with Crippen LogP contribution in [0.3, 0.4) is 0 Å². The fourth-order valence-electron chi connectivity index (χ4n) is 5.19. The van der Waals surface area contributed by atoms with Crippen LogP contribution in [0.5, 0.6) is 0 Å². The van der Waals surface area contributed by atoms with Crippen LogP contribution in [0.4, 0.5) is 0 Å². The van der Waals surface area contributed by atoms with E-state index in [4.69, 9.17) is 15.2 Å². The number of nitriles is 1. The van der Waals surface area contributed by atoms with Gasteiger partial charge in [-0.25, -0.2) is 9.97 Å². The van der Waals surface area contributed by atoms with E-state index in [1.807, 2.05) is 66.9 Å². The monoisotopic (exact) mass is 615 g/mol. The predicted octanol–water partition coefficient (Wildman–Crippen LogP) is 9.39. The second-order valence-corrected chi connectivity index (χ2v) is 11.0. The largest absolute Gasteiger partial charge is 0.264 e. The molecule has 4 aromatic carbocycles. The summed E-state index contributed by atoms with van der Waals surface area (Å²) in [6.45, 7) is 0. The van der Waals surface area contributed by atoms with Gasteiger partial charge >= 0.3 is 0 Å². The van der Waals surface area contributed by atoms with Crippen molar-refractivity contribution in [3.8, 4) is 62.2 Å². The normalized spacial score (nSPS) is 10.9. The van der Waals surface area contributed by atoms with E-state index in [-0.39, 0.29) is 0 Å². The lowest BCUT2D eigenvalue weighted by molar-refractivity contribution is 1.17. The van der Waals surface area contributed by atoms with Crippen LogP contribution in [-0.2, 0) is 0 Å². The molecule has 7 aromatic rings. The van der Waals surface area contributed by atoms with Gasteiger partial charge in [-0.3, -0.25) is 9.97 Å². The predicted molar refractivity (Wildman–Crippen MR) is 175 cm³/mol. The number of nitrogens with zero attached hydrogens (tertiary/aromatic N) is 5. The molecule has 0 aliphatic heterocycles. The highest BCUT2D eigenvalue weighted by atomic mass is 79.9. The topological polar surface area (TPSA) is 75.3 Å². The van der Waals surface area contributed by atoms with Crippen LogP contribution in [0.2, 0.25) is 0 Å². The van der Waals surface area contributed by atoms with Crippen LogP contribution in [0.25, 0.3) is 67.1 Å². The Morgan fingerprint density at radius 3 is 2.02 bits per heavy atom. The maximum absolute atomic E-state index is 9.13. The fourth-order valence-corrected chi connectivity index (χ4v) is 5.68. The van der Waals surface area contributed by atoms with E-state index >= 15 is 0 Å². The summed E-state index contributed by atoms with van der Waals surface area (Å²) in [6, 6.07) is 40.6. The zero-order valence-electron chi connectivity index (χ0n) is 22.8. The highest BCUT2D eigenvalue weighted by Gasteiger charge is 2.14. The average Bonchev–Trinajstić information content (AvgIpc) is 3.08. The van der Waals surface area contributed by atoms with E-state index in [2.05, 4.69) is 86.6 Å². The van der Waals surface area contributed by atoms with Crippen molar-refractivity contribution in [3.63, 3.8) is 0 Å². The minimum absolute atomic E-state index is 0.604. The van der Waals surface area contributed by atoms with Crippen molar-refractivity contribution < 1.29 is 0 Å². The molecule has 0 spiro atoms. The van der Waals surface area contributed by atoms with Crippen molar-refractivity contribution in [1.82, 2.24) is 19.9 Å². The maximum Gasteiger partial charge on any atom is 0.161 e. The molecular weight excluding hydrogens is 594 g/mol. The Morgan fingerprint density at radius 1 is 0.581 bits per heavy atom. The Kier molecular flexibility index (Phi) is 7.00. The van der Waals surface area contributed by atoms with Crippen molar-refractivity contribution in [2.75, 3.05) is 0 Å². The van der Waals surface area contributed by atoms with Gasteiger partial charge in [0.25, 0.3) is 0 Å². The van der Waals surface area contributed by atoms with E-state index < -0.39 is 0 Å². The third kappa shape index (κ3) is 5.42. The van der Waals surface area contributed by atoms with Crippen LogP contribution < -0.4 is 0 Å². The third-order valence-corrected chi connectivity index (χ3v) is 7.78. The van der Waals surface area contributed by atoms with Gasteiger partial charge in [-0.1, -0.05) is 70.5 Å². The quantitative estimate of drug-likeness (QED) is 0.193. The minimum Gasteiger partial charge on any atom is -0.264 e. The van der Waals surface area contributed by atoms with Crippen LogP contribution in [0, 0.1) is 11.3 Å². The molecule has 0 amide bonds. The smallest absolute Gasteiger partial charge is 0.161 e. The molecule has 7 rings (SSSR count). The number of halogens is 1. The molecule has 0 saturated carbocycles. The standard InChI is InChI=1S/C37H22BrN5/c38-31-19-29(32-5-1-7-34-33(32)6-3-17-41-34)18-30(20-31)36-21-35(42-37(43-36)28-4-2-16-40-23-28)27-14-12-26(13-15-27)25-10-8-24(22-39)9-11-25/h1-21,23H. The van der Waals surface area contributed by atoms with E-state index in [1.54, 1.807) is 12.4 Å². The Bertz CT molecular complexity index is 2130. The first-order chi connectivity index (χ1) is 21.1. The molecule has 3 aromatic heterocycles. The van der Waals surface area contributed by atoms with Crippen molar-refractivity contribution >= 4 is 26.8 Å². The second-order valence-electron chi connectivity index (χ2n) is 10.1. The van der Waals surface area contributed by atoms with Gasteiger partial charge in [-0.05, 0) is 82.9 Å². The first-order valence-corrected chi connectivity index (χ1v) is 14.5. The van der Waals surface area contributed by atoms with Crippen LogP contribution in [-0.4, -0.2) is 19.9 Å². The van der Waals surface area contributed by atoms with Gasteiger partial charge < -0.3 is 0 Å². The molecule has 0 radical (unpaired) electrons. The van der Waals surface area contributed by atoms with Crippen LogP contribution in [0.15, 0.2) is 138 Å². The molecule has 3 heterocycles. The van der Waals surface area contributed by atoms with Gasteiger partial charge in [0.1, 0.15) is 0 Å². The summed E-state index contributed by atoms with van der Waals surface area (Å²) < 4.78 is 0.954. The van der Waals surface area contributed by atoms with Gasteiger partial charge in [0.2, 0.25) is 0 Å². The lowest BCUT2D eigenvalue weighted by atomic mass is 9.97. The summed E-state index contributed by atoms with van der Waals surface area (Å²) in [5, 5.41) is 10.2. The van der Waals surface area contributed by atoms with Gasteiger partial charge in [0, 0.05) is 45.1 Å².